The first-order valence-electron chi connectivity index (χ1n) is 8.26. The van der Waals surface area contributed by atoms with Gasteiger partial charge in [0.15, 0.2) is 5.82 Å². The van der Waals surface area contributed by atoms with E-state index < -0.39 is 0 Å². The van der Waals surface area contributed by atoms with Gasteiger partial charge >= 0.3 is 6.03 Å². The molecular formula is C18H16BrFN4O2. The lowest BCUT2D eigenvalue weighted by Gasteiger charge is -2.27. The molecule has 2 aliphatic rings. The lowest BCUT2D eigenvalue weighted by Crippen LogP contribution is -2.43. The predicted molar refractivity (Wildman–Crippen MR) is 99.6 cm³/mol. The second-order valence-corrected chi connectivity index (χ2v) is 7.01. The van der Waals surface area contributed by atoms with Crippen LogP contribution >= 0.6 is 15.9 Å². The van der Waals surface area contributed by atoms with Gasteiger partial charge in [0.1, 0.15) is 5.82 Å². The van der Waals surface area contributed by atoms with E-state index in [1.807, 2.05) is 6.07 Å². The molecule has 0 bridgehead atoms. The third-order valence-electron chi connectivity index (χ3n) is 4.34. The first-order chi connectivity index (χ1) is 12.6. The smallest absolute Gasteiger partial charge is 0.321 e. The van der Waals surface area contributed by atoms with E-state index in [4.69, 9.17) is 4.74 Å². The summed E-state index contributed by atoms with van der Waals surface area (Å²) < 4.78 is 20.5. The topological polar surface area (TPSA) is 66.8 Å². The minimum Gasteiger partial charge on any atom is -0.378 e. The first-order valence-corrected chi connectivity index (χ1v) is 9.05. The zero-order chi connectivity index (χ0) is 18.1. The Morgan fingerprint density at radius 3 is 2.88 bits per heavy atom. The Balaban J connectivity index is 1.55. The van der Waals surface area contributed by atoms with Crippen molar-refractivity contribution in [3.63, 3.8) is 0 Å². The summed E-state index contributed by atoms with van der Waals surface area (Å²) in [5, 5.41) is 2.82. The molecule has 134 valence electrons. The zero-order valence-electron chi connectivity index (χ0n) is 13.8. The summed E-state index contributed by atoms with van der Waals surface area (Å²) in [5.74, 6) is 0.227. The van der Waals surface area contributed by atoms with Gasteiger partial charge in [-0.3, -0.25) is 0 Å². The van der Waals surface area contributed by atoms with E-state index in [0.717, 1.165) is 10.0 Å². The molecule has 0 radical (unpaired) electrons. The number of nitrogens with zero attached hydrogens (tertiary/aromatic N) is 3. The van der Waals surface area contributed by atoms with Crippen molar-refractivity contribution in [1.82, 2.24) is 9.88 Å². The van der Waals surface area contributed by atoms with Crippen molar-refractivity contribution in [1.29, 1.82) is 0 Å². The maximum absolute atomic E-state index is 14.4. The lowest BCUT2D eigenvalue weighted by molar-refractivity contribution is 0.0564. The molecule has 0 atom stereocenters. The van der Waals surface area contributed by atoms with Crippen LogP contribution in [0.15, 0.2) is 39.9 Å². The fraction of sp³-hybridized carbons (Fsp3) is 0.278. The Morgan fingerprint density at radius 1 is 1.27 bits per heavy atom. The third kappa shape index (κ3) is 3.47. The van der Waals surface area contributed by atoms with Gasteiger partial charge in [-0.1, -0.05) is 0 Å². The van der Waals surface area contributed by atoms with Gasteiger partial charge in [0.05, 0.1) is 18.9 Å². The van der Waals surface area contributed by atoms with E-state index in [1.54, 1.807) is 23.2 Å². The van der Waals surface area contributed by atoms with Crippen LogP contribution in [0.5, 0.6) is 0 Å². The molecule has 1 N–H and O–H groups in total. The quantitative estimate of drug-likeness (QED) is 0.810. The highest BCUT2D eigenvalue weighted by molar-refractivity contribution is 9.10. The van der Waals surface area contributed by atoms with Crippen molar-refractivity contribution in [3.8, 4) is 0 Å². The molecule has 1 aromatic heterocycles. The summed E-state index contributed by atoms with van der Waals surface area (Å²) in [6.07, 6.45) is 2.17. The van der Waals surface area contributed by atoms with E-state index in [9.17, 15) is 9.18 Å². The van der Waals surface area contributed by atoms with Crippen molar-refractivity contribution in [2.75, 3.05) is 31.6 Å². The first kappa shape index (κ1) is 17.1. The predicted octanol–water partition coefficient (Wildman–Crippen LogP) is 3.52. The second kappa shape index (κ2) is 7.13. The summed E-state index contributed by atoms with van der Waals surface area (Å²) in [4.78, 5) is 22.7. The van der Waals surface area contributed by atoms with Gasteiger partial charge in [-0.25, -0.2) is 19.2 Å². The number of fused-ring (bicyclic) bond motifs is 1. The lowest BCUT2D eigenvalue weighted by atomic mass is 10.0. The number of ether oxygens (including phenoxy) is 1. The van der Waals surface area contributed by atoms with Crippen molar-refractivity contribution >= 4 is 39.2 Å². The Hall–Kier alpha value is -2.32. The van der Waals surface area contributed by atoms with Crippen molar-refractivity contribution in [2.45, 2.75) is 6.42 Å². The SMILES string of the molecule is O=C(Nc1ccc(F)c(C2=Nc3ncc(Br)cc3C2)c1)N1CCOCC1. The number of amides is 2. The summed E-state index contributed by atoms with van der Waals surface area (Å²) in [5.41, 5.74) is 2.45. The molecule has 0 aliphatic carbocycles. The molecule has 26 heavy (non-hydrogen) atoms. The Labute approximate surface area is 158 Å². The summed E-state index contributed by atoms with van der Waals surface area (Å²) in [6.45, 7) is 2.14. The number of hydrogen-bond acceptors (Lipinski definition) is 4. The highest BCUT2D eigenvalue weighted by Gasteiger charge is 2.21. The molecule has 2 amide bonds. The number of halogens is 2. The molecule has 4 rings (SSSR count). The number of hydrogen-bond donors (Lipinski definition) is 1. The number of aliphatic imine (C=N–C) groups is 1. The van der Waals surface area contributed by atoms with Crippen LogP contribution in [0.1, 0.15) is 11.1 Å². The fourth-order valence-electron chi connectivity index (χ4n) is 3.00. The molecule has 2 aliphatic heterocycles. The van der Waals surface area contributed by atoms with E-state index in [0.29, 0.717) is 55.5 Å². The molecule has 6 nitrogen and oxygen atoms in total. The molecule has 8 heteroatoms. The standard InChI is InChI=1S/C18H16BrFN4O2/c19-12-7-11-8-16(23-17(11)21-10-12)14-9-13(1-2-15(14)20)22-18(25)24-3-5-26-6-4-24/h1-2,7,9-10H,3-6,8H2,(H,22,25). The van der Waals surface area contributed by atoms with Gasteiger partial charge in [-0.05, 0) is 40.2 Å². The molecule has 0 saturated carbocycles. The van der Waals surface area contributed by atoms with Crippen LogP contribution in [0.3, 0.4) is 0 Å². The van der Waals surface area contributed by atoms with E-state index >= 15 is 0 Å². The number of urea groups is 1. The zero-order valence-corrected chi connectivity index (χ0v) is 15.4. The van der Waals surface area contributed by atoms with Crippen molar-refractivity contribution in [2.24, 2.45) is 4.99 Å². The summed E-state index contributed by atoms with van der Waals surface area (Å²) >= 11 is 3.38. The highest BCUT2D eigenvalue weighted by Crippen LogP contribution is 2.30. The van der Waals surface area contributed by atoms with E-state index in [-0.39, 0.29) is 11.8 Å². The van der Waals surface area contributed by atoms with E-state index in [2.05, 4.69) is 31.2 Å². The maximum atomic E-state index is 14.4. The van der Waals surface area contributed by atoms with Gasteiger partial charge in [-0.2, -0.15) is 0 Å². The minimum atomic E-state index is -0.375. The largest absolute Gasteiger partial charge is 0.378 e. The van der Waals surface area contributed by atoms with Gasteiger partial charge in [0.25, 0.3) is 0 Å². The van der Waals surface area contributed by atoms with Crippen molar-refractivity contribution < 1.29 is 13.9 Å². The number of benzene rings is 1. The number of anilines is 1. The van der Waals surface area contributed by atoms with E-state index in [1.165, 1.54) is 6.07 Å². The molecule has 0 unspecified atom stereocenters. The Kier molecular flexibility index (Phi) is 4.69. The molecule has 1 saturated heterocycles. The van der Waals surface area contributed by atoms with Gasteiger partial charge < -0.3 is 15.0 Å². The molecule has 1 aromatic carbocycles. The Morgan fingerprint density at radius 2 is 2.08 bits per heavy atom. The highest BCUT2D eigenvalue weighted by atomic mass is 79.9. The van der Waals surface area contributed by atoms with Crippen molar-refractivity contribution in [3.05, 3.63) is 51.9 Å². The average Bonchev–Trinajstić information content (AvgIpc) is 3.07. The number of carbonyl (C=O) groups is 1. The van der Waals surface area contributed by atoms with Crippen LogP contribution in [0.2, 0.25) is 0 Å². The van der Waals surface area contributed by atoms with Crippen LogP contribution < -0.4 is 5.32 Å². The average molecular weight is 419 g/mol. The number of pyridine rings is 1. The van der Waals surface area contributed by atoms with Crippen LogP contribution in [0.4, 0.5) is 20.7 Å². The van der Waals surface area contributed by atoms with Gasteiger partial charge in [-0.15, -0.1) is 0 Å². The fourth-order valence-corrected chi connectivity index (χ4v) is 3.38. The maximum Gasteiger partial charge on any atom is 0.321 e. The van der Waals surface area contributed by atoms with Gasteiger partial charge in [0.2, 0.25) is 0 Å². The molecule has 0 spiro atoms. The van der Waals surface area contributed by atoms with Crippen LogP contribution in [-0.4, -0.2) is 47.9 Å². The van der Waals surface area contributed by atoms with Crippen LogP contribution in [-0.2, 0) is 11.2 Å². The number of morpholine rings is 1. The monoisotopic (exact) mass is 418 g/mol. The number of rotatable bonds is 2. The number of nitrogens with one attached hydrogen (secondary N) is 1. The second-order valence-electron chi connectivity index (χ2n) is 6.10. The molecular weight excluding hydrogens is 403 g/mol. The molecule has 1 fully saturated rings. The van der Waals surface area contributed by atoms with Crippen LogP contribution in [0, 0.1) is 5.82 Å². The number of aromatic nitrogens is 1. The normalized spacial score (nSPS) is 16.2. The summed E-state index contributed by atoms with van der Waals surface area (Å²) in [7, 11) is 0. The Bertz CT molecular complexity index is 897. The number of carbonyl (C=O) groups excluding carboxylic acids is 1. The third-order valence-corrected chi connectivity index (χ3v) is 4.77. The van der Waals surface area contributed by atoms with Gasteiger partial charge in [0, 0.05) is 47.0 Å². The van der Waals surface area contributed by atoms with Crippen LogP contribution in [0.25, 0.3) is 0 Å². The minimum absolute atomic E-state index is 0.215. The molecule has 3 heterocycles. The summed E-state index contributed by atoms with van der Waals surface area (Å²) in [6, 6.07) is 6.23. The molecule has 2 aromatic rings.